The molecule has 0 bridgehead atoms. The van der Waals surface area contributed by atoms with Crippen LogP contribution in [0.25, 0.3) is 0 Å². The lowest BCUT2D eigenvalue weighted by molar-refractivity contribution is -0.141. The second-order valence-corrected chi connectivity index (χ2v) is 9.82. The number of hydrogen-bond acceptors (Lipinski definition) is 3. The lowest BCUT2D eigenvalue weighted by atomic mass is 10.2. The number of rotatable bonds is 2. The van der Waals surface area contributed by atoms with Gasteiger partial charge in [0.05, 0.1) is 6.26 Å². The van der Waals surface area contributed by atoms with E-state index in [2.05, 4.69) is 33.9 Å². The van der Waals surface area contributed by atoms with Crippen molar-refractivity contribution >= 4 is 14.3 Å². The van der Waals surface area contributed by atoms with Crippen molar-refractivity contribution in [3.63, 3.8) is 0 Å². The Morgan fingerprint density at radius 2 is 2.00 bits per heavy atom. The molecule has 1 aliphatic heterocycles. The molecule has 0 amide bonds. The molecule has 0 aromatic rings. The van der Waals surface area contributed by atoms with Gasteiger partial charge in [0.2, 0.25) is 0 Å². The van der Waals surface area contributed by atoms with E-state index in [4.69, 9.17) is 9.16 Å². The molecule has 0 N–H and O–H groups in total. The molecular formula is C10H18O3Si. The molecule has 0 aromatic heterocycles. The van der Waals surface area contributed by atoms with E-state index in [9.17, 15) is 4.79 Å². The Hall–Kier alpha value is -0.613. The van der Waals surface area contributed by atoms with Gasteiger partial charge in [0.1, 0.15) is 0 Å². The highest BCUT2D eigenvalue weighted by molar-refractivity contribution is 6.74. The first kappa shape index (κ1) is 11.5. The van der Waals surface area contributed by atoms with Crippen molar-refractivity contribution in [1.29, 1.82) is 0 Å². The van der Waals surface area contributed by atoms with Gasteiger partial charge in [-0.1, -0.05) is 20.8 Å². The molecular weight excluding hydrogens is 196 g/mol. The second-order valence-electron chi connectivity index (χ2n) is 5.06. The molecule has 1 rings (SSSR count). The topological polar surface area (TPSA) is 35.5 Å². The summed E-state index contributed by atoms with van der Waals surface area (Å²) in [6.07, 6.45) is 2.58. The summed E-state index contributed by atoms with van der Waals surface area (Å²) < 4.78 is 10.6. The Balaban J connectivity index is 2.68. The summed E-state index contributed by atoms with van der Waals surface area (Å²) >= 11 is 0. The molecule has 0 radical (unpaired) electrons. The monoisotopic (exact) mass is 214 g/mol. The van der Waals surface area contributed by atoms with E-state index < -0.39 is 14.4 Å². The van der Waals surface area contributed by atoms with Crippen molar-refractivity contribution in [3.05, 3.63) is 12.3 Å². The minimum Gasteiger partial charge on any atom is -0.433 e. The average molecular weight is 214 g/mol. The highest BCUT2D eigenvalue weighted by Gasteiger charge is 2.41. The van der Waals surface area contributed by atoms with Crippen LogP contribution in [0.5, 0.6) is 0 Å². The molecule has 0 unspecified atom stereocenters. The zero-order valence-corrected chi connectivity index (χ0v) is 10.5. The van der Waals surface area contributed by atoms with Gasteiger partial charge in [0.25, 0.3) is 0 Å². The number of carbonyl (C=O) groups is 1. The molecule has 0 saturated carbocycles. The van der Waals surface area contributed by atoms with Crippen LogP contribution in [0.2, 0.25) is 18.1 Å². The van der Waals surface area contributed by atoms with E-state index in [1.807, 2.05) is 0 Å². The van der Waals surface area contributed by atoms with Crippen LogP contribution in [0.15, 0.2) is 12.3 Å². The van der Waals surface area contributed by atoms with Crippen LogP contribution >= 0.6 is 0 Å². The van der Waals surface area contributed by atoms with Crippen molar-refractivity contribution in [1.82, 2.24) is 0 Å². The van der Waals surface area contributed by atoms with Gasteiger partial charge in [-0.3, -0.25) is 0 Å². The molecule has 0 fully saturated rings. The van der Waals surface area contributed by atoms with E-state index in [-0.39, 0.29) is 11.0 Å². The van der Waals surface area contributed by atoms with Gasteiger partial charge in [0, 0.05) is 0 Å². The molecule has 0 saturated heterocycles. The molecule has 80 valence electrons. The summed E-state index contributed by atoms with van der Waals surface area (Å²) in [6, 6.07) is 0. The first-order valence-corrected chi connectivity index (χ1v) is 7.70. The third-order valence-electron chi connectivity index (χ3n) is 2.90. The van der Waals surface area contributed by atoms with Crippen LogP contribution in [0.3, 0.4) is 0 Å². The largest absolute Gasteiger partial charge is 0.433 e. The fourth-order valence-electron chi connectivity index (χ4n) is 0.905. The number of esters is 1. The van der Waals surface area contributed by atoms with Gasteiger partial charge in [-0.25, -0.2) is 4.79 Å². The Kier molecular flexibility index (Phi) is 2.87. The van der Waals surface area contributed by atoms with Crippen LogP contribution in [0.4, 0.5) is 0 Å². The lowest BCUT2D eigenvalue weighted by Crippen LogP contribution is -2.44. The van der Waals surface area contributed by atoms with E-state index in [0.29, 0.717) is 0 Å². The van der Waals surface area contributed by atoms with Crippen molar-refractivity contribution in [3.8, 4) is 0 Å². The molecule has 3 nitrogen and oxygen atoms in total. The van der Waals surface area contributed by atoms with Crippen molar-refractivity contribution in [2.75, 3.05) is 0 Å². The molecule has 1 atom stereocenters. The summed E-state index contributed by atoms with van der Waals surface area (Å²) in [4.78, 5) is 11.2. The van der Waals surface area contributed by atoms with E-state index in [1.54, 1.807) is 6.08 Å². The lowest BCUT2D eigenvalue weighted by Gasteiger charge is -2.37. The fraction of sp³-hybridized carbons (Fsp3) is 0.700. The van der Waals surface area contributed by atoms with Gasteiger partial charge >= 0.3 is 5.97 Å². The van der Waals surface area contributed by atoms with Crippen LogP contribution in [0, 0.1) is 0 Å². The van der Waals surface area contributed by atoms with Gasteiger partial charge in [-0.05, 0) is 24.2 Å². The van der Waals surface area contributed by atoms with Crippen molar-refractivity contribution < 1.29 is 14.0 Å². The first-order valence-electron chi connectivity index (χ1n) is 4.79. The number of hydrogen-bond donors (Lipinski definition) is 0. The Bertz CT molecular complexity index is 263. The molecule has 4 heteroatoms. The average Bonchev–Trinajstić information content (AvgIpc) is 2.33. The third kappa shape index (κ3) is 2.25. The standard InChI is InChI=1S/C10H18O3Si/c1-10(2,3)14(4,5)13-8-6-7-12-9(8)11/h6-8H,1-5H3/t8-/m1/s1. The Morgan fingerprint density at radius 1 is 1.43 bits per heavy atom. The van der Waals surface area contributed by atoms with Crippen molar-refractivity contribution in [2.24, 2.45) is 0 Å². The SMILES string of the molecule is CC(C)(C)[Si](C)(C)O[C@@H]1C=COC1=O. The zero-order valence-electron chi connectivity index (χ0n) is 9.46. The summed E-state index contributed by atoms with van der Waals surface area (Å²) in [5, 5.41) is 0.115. The predicted molar refractivity (Wildman–Crippen MR) is 57.3 cm³/mol. The van der Waals surface area contributed by atoms with Gasteiger partial charge in [0.15, 0.2) is 14.4 Å². The Morgan fingerprint density at radius 3 is 2.36 bits per heavy atom. The molecule has 0 aromatic carbocycles. The fourth-order valence-corrected chi connectivity index (χ4v) is 2.07. The molecule has 0 spiro atoms. The smallest absolute Gasteiger partial charge is 0.343 e. The number of ether oxygens (including phenoxy) is 1. The number of cyclic esters (lactones) is 1. The quantitative estimate of drug-likeness (QED) is 0.523. The first-order chi connectivity index (χ1) is 6.24. The van der Waals surface area contributed by atoms with Crippen LogP contribution in [-0.4, -0.2) is 20.4 Å². The Labute approximate surface area is 86.2 Å². The van der Waals surface area contributed by atoms with E-state index >= 15 is 0 Å². The maximum absolute atomic E-state index is 11.2. The summed E-state index contributed by atoms with van der Waals surface area (Å²) in [6.45, 7) is 10.7. The van der Waals surface area contributed by atoms with E-state index in [0.717, 1.165) is 0 Å². The zero-order chi connectivity index (χ0) is 11.0. The minimum atomic E-state index is -1.86. The molecule has 14 heavy (non-hydrogen) atoms. The van der Waals surface area contributed by atoms with Crippen LogP contribution < -0.4 is 0 Å². The van der Waals surface area contributed by atoms with Crippen LogP contribution in [0.1, 0.15) is 20.8 Å². The van der Waals surface area contributed by atoms with Gasteiger partial charge in [-0.2, -0.15) is 0 Å². The van der Waals surface area contributed by atoms with Gasteiger partial charge in [-0.15, -0.1) is 0 Å². The normalized spacial score (nSPS) is 22.6. The molecule has 0 aliphatic carbocycles. The van der Waals surface area contributed by atoms with E-state index in [1.165, 1.54) is 6.26 Å². The minimum absolute atomic E-state index is 0.115. The van der Waals surface area contributed by atoms with Gasteiger partial charge < -0.3 is 9.16 Å². The summed E-state index contributed by atoms with van der Waals surface area (Å²) in [5.41, 5.74) is 0. The highest BCUT2D eigenvalue weighted by Crippen LogP contribution is 2.37. The number of carbonyl (C=O) groups excluding carboxylic acids is 1. The highest BCUT2D eigenvalue weighted by atomic mass is 28.4. The predicted octanol–water partition coefficient (Wildman–Crippen LogP) is 2.45. The third-order valence-corrected chi connectivity index (χ3v) is 7.35. The summed E-state index contributed by atoms with van der Waals surface area (Å²) in [5.74, 6) is -0.296. The summed E-state index contributed by atoms with van der Waals surface area (Å²) in [7, 11) is -1.86. The maximum Gasteiger partial charge on any atom is 0.343 e. The van der Waals surface area contributed by atoms with Crippen molar-refractivity contribution in [2.45, 2.75) is 45.0 Å². The van der Waals surface area contributed by atoms with Crippen LogP contribution in [-0.2, 0) is 14.0 Å². The molecule has 1 heterocycles. The second kappa shape index (κ2) is 3.51. The molecule has 1 aliphatic rings. The maximum atomic E-state index is 11.2.